The third kappa shape index (κ3) is 2.98. The van der Waals surface area contributed by atoms with Crippen LogP contribution in [0.15, 0.2) is 152 Å². The van der Waals surface area contributed by atoms with Gasteiger partial charge in [-0.05, 0) is 91.1 Å². The van der Waals surface area contributed by atoms with Crippen LogP contribution < -0.4 is 19.6 Å². The number of anilines is 8. The molecule has 1 saturated carbocycles. The van der Waals surface area contributed by atoms with E-state index in [4.69, 9.17) is 4.98 Å². The molecule has 4 aliphatic heterocycles. The molecule has 5 heteroatoms. The average Bonchev–Trinajstić information content (AvgIpc) is 3.80. The lowest BCUT2D eigenvalue weighted by molar-refractivity contribution is -0.148. The van der Waals surface area contributed by atoms with Gasteiger partial charge in [0, 0.05) is 45.2 Å². The van der Waals surface area contributed by atoms with Gasteiger partial charge in [0.05, 0.1) is 17.1 Å². The van der Waals surface area contributed by atoms with Crippen LogP contribution in [0, 0.1) is 5.41 Å². The number of pyridine rings is 1. The maximum absolute atomic E-state index is 5.15. The summed E-state index contributed by atoms with van der Waals surface area (Å²) in [6.45, 7) is 4.94. The van der Waals surface area contributed by atoms with Crippen LogP contribution in [0.1, 0.15) is 44.2 Å². The Bertz CT molecular complexity index is 2290. The highest BCUT2D eigenvalue weighted by atomic mass is 15.5. The average molecular weight is 650 g/mol. The summed E-state index contributed by atoms with van der Waals surface area (Å²) in [5, 5.41) is 0. The molecule has 244 valence electrons. The summed E-state index contributed by atoms with van der Waals surface area (Å²) in [5.74, 6) is 1.04. The molecule has 0 amide bonds. The number of hydrogen-bond acceptors (Lipinski definition) is 5. The van der Waals surface area contributed by atoms with Crippen LogP contribution in [-0.2, 0) is 10.8 Å². The van der Waals surface area contributed by atoms with Crippen LogP contribution in [0.3, 0.4) is 0 Å². The molecule has 5 atom stereocenters. The first-order chi connectivity index (χ1) is 24.7. The SMILES string of the molecule is CCC12CC3(c4ccccc4N4c5cccnc5N(c5ccccc5)C43)C1(CC)C1N(c3ccccc3)c3ccccc3N1c1ccccc12. The van der Waals surface area contributed by atoms with E-state index < -0.39 is 0 Å². The maximum atomic E-state index is 5.15. The van der Waals surface area contributed by atoms with E-state index >= 15 is 0 Å². The van der Waals surface area contributed by atoms with Crippen LogP contribution in [-0.4, -0.2) is 17.3 Å². The predicted molar refractivity (Wildman–Crippen MR) is 204 cm³/mol. The fourth-order valence-corrected chi connectivity index (χ4v) is 11.8. The molecule has 0 radical (unpaired) electrons. The number of rotatable bonds is 4. The molecule has 5 aliphatic rings. The highest BCUT2D eigenvalue weighted by molar-refractivity contribution is 5.95. The first-order valence-corrected chi connectivity index (χ1v) is 18.2. The number of hydrogen-bond donors (Lipinski definition) is 0. The Hall–Kier alpha value is -5.55. The van der Waals surface area contributed by atoms with E-state index in [1.807, 2.05) is 6.20 Å². The zero-order valence-electron chi connectivity index (χ0n) is 28.4. The number of para-hydroxylation sites is 6. The molecule has 11 rings (SSSR count). The van der Waals surface area contributed by atoms with Crippen molar-refractivity contribution in [2.45, 2.75) is 56.3 Å². The minimum Gasteiger partial charge on any atom is -0.318 e. The Morgan fingerprint density at radius 3 is 1.68 bits per heavy atom. The normalized spacial score (nSPS) is 27.6. The van der Waals surface area contributed by atoms with Crippen molar-refractivity contribution in [1.82, 2.24) is 4.98 Å². The molecule has 50 heavy (non-hydrogen) atoms. The molecule has 0 N–H and O–H groups in total. The topological polar surface area (TPSA) is 25.9 Å². The fraction of sp³-hybridized carbons (Fsp3) is 0.222. The minimum absolute atomic E-state index is 0.0141. The quantitative estimate of drug-likeness (QED) is 0.189. The van der Waals surface area contributed by atoms with Crippen LogP contribution in [0.2, 0.25) is 0 Å². The lowest BCUT2D eigenvalue weighted by Gasteiger charge is -2.77. The lowest BCUT2D eigenvalue weighted by Crippen LogP contribution is -2.83. The smallest absolute Gasteiger partial charge is 0.158 e. The molecule has 5 unspecified atom stereocenters. The van der Waals surface area contributed by atoms with E-state index in [0.717, 1.165) is 25.1 Å². The van der Waals surface area contributed by atoms with Gasteiger partial charge in [-0.1, -0.05) is 98.8 Å². The molecule has 0 saturated heterocycles. The monoisotopic (exact) mass is 649 g/mol. The van der Waals surface area contributed by atoms with Crippen molar-refractivity contribution < 1.29 is 0 Å². The second-order valence-electron chi connectivity index (χ2n) is 14.7. The van der Waals surface area contributed by atoms with Crippen LogP contribution in [0.5, 0.6) is 0 Å². The summed E-state index contributed by atoms with van der Waals surface area (Å²) in [6, 6.07) is 54.4. The summed E-state index contributed by atoms with van der Waals surface area (Å²) in [4.78, 5) is 15.8. The number of nitrogens with zero attached hydrogens (tertiary/aromatic N) is 5. The van der Waals surface area contributed by atoms with Gasteiger partial charge < -0.3 is 19.6 Å². The number of fused-ring (bicyclic) bond motifs is 16. The van der Waals surface area contributed by atoms with E-state index in [9.17, 15) is 0 Å². The molecule has 6 aromatic rings. The van der Waals surface area contributed by atoms with Crippen molar-refractivity contribution in [2.24, 2.45) is 5.41 Å². The van der Waals surface area contributed by atoms with Gasteiger partial charge in [0.1, 0.15) is 12.3 Å². The van der Waals surface area contributed by atoms with Crippen LogP contribution in [0.25, 0.3) is 0 Å². The summed E-state index contributed by atoms with van der Waals surface area (Å²) in [5.41, 5.74) is 11.3. The van der Waals surface area contributed by atoms with Crippen LogP contribution >= 0.6 is 0 Å². The summed E-state index contributed by atoms with van der Waals surface area (Å²) in [7, 11) is 0. The van der Waals surface area contributed by atoms with E-state index in [1.54, 1.807) is 0 Å². The van der Waals surface area contributed by atoms with E-state index in [0.29, 0.717) is 0 Å². The van der Waals surface area contributed by atoms with Gasteiger partial charge in [-0.2, -0.15) is 0 Å². The van der Waals surface area contributed by atoms with Gasteiger partial charge in [-0.3, -0.25) is 0 Å². The van der Waals surface area contributed by atoms with Crippen molar-refractivity contribution in [2.75, 3.05) is 19.6 Å². The zero-order valence-corrected chi connectivity index (χ0v) is 28.4. The number of benzene rings is 5. The third-order valence-corrected chi connectivity index (χ3v) is 13.3. The Morgan fingerprint density at radius 1 is 0.500 bits per heavy atom. The summed E-state index contributed by atoms with van der Waals surface area (Å²) < 4.78 is 0. The first-order valence-electron chi connectivity index (χ1n) is 18.2. The van der Waals surface area contributed by atoms with Gasteiger partial charge in [-0.25, -0.2) is 4.98 Å². The van der Waals surface area contributed by atoms with E-state index in [-0.39, 0.29) is 28.6 Å². The molecule has 1 spiro atoms. The van der Waals surface area contributed by atoms with Gasteiger partial charge in [0.15, 0.2) is 5.82 Å². The van der Waals surface area contributed by atoms with Crippen molar-refractivity contribution in [1.29, 1.82) is 0 Å². The minimum atomic E-state index is -0.254. The largest absolute Gasteiger partial charge is 0.318 e. The number of aromatic nitrogens is 1. The molecule has 5 heterocycles. The molecule has 1 aliphatic carbocycles. The zero-order chi connectivity index (χ0) is 33.2. The lowest BCUT2D eigenvalue weighted by atomic mass is 9.29. The van der Waals surface area contributed by atoms with Gasteiger partial charge in [0.25, 0.3) is 0 Å². The maximum Gasteiger partial charge on any atom is 0.158 e. The molecule has 5 nitrogen and oxygen atoms in total. The standard InChI is InChI=1S/C45H39N5/c1-3-43-30-44(34-23-12-14-25-36(34)50-39-28-17-29-46-40(39)48(41(44)50)32-20-9-6-10-21-32)45(43,4-2)42-47(31-18-7-5-8-19-31)37-26-15-16-27-38(37)49(42)35-24-13-11-22-33(35)43/h5-29,41-42H,3-4,30H2,1-2H3. The second kappa shape index (κ2) is 9.79. The summed E-state index contributed by atoms with van der Waals surface area (Å²) >= 11 is 0. The van der Waals surface area contributed by atoms with E-state index in [1.165, 1.54) is 50.9 Å². The fourth-order valence-electron chi connectivity index (χ4n) is 11.8. The Morgan fingerprint density at radius 2 is 1.02 bits per heavy atom. The Labute approximate surface area is 294 Å². The molecule has 5 aromatic carbocycles. The molecule has 0 bridgehead atoms. The summed E-state index contributed by atoms with van der Waals surface area (Å²) in [6.07, 6.45) is 5.15. The van der Waals surface area contributed by atoms with Gasteiger partial charge in [-0.15, -0.1) is 0 Å². The predicted octanol–water partition coefficient (Wildman–Crippen LogP) is 10.7. The van der Waals surface area contributed by atoms with E-state index in [2.05, 4.69) is 179 Å². The third-order valence-electron chi connectivity index (χ3n) is 13.3. The Balaban J connectivity index is 1.28. The van der Waals surface area contributed by atoms with Gasteiger partial charge in [0.2, 0.25) is 0 Å². The van der Waals surface area contributed by atoms with Crippen molar-refractivity contribution >= 4 is 45.6 Å². The first kappa shape index (κ1) is 28.3. The van der Waals surface area contributed by atoms with Crippen LogP contribution in [0.4, 0.5) is 45.6 Å². The van der Waals surface area contributed by atoms with Crippen molar-refractivity contribution in [3.05, 3.63) is 163 Å². The molecular weight excluding hydrogens is 611 g/mol. The molecule has 1 aromatic heterocycles. The molecule has 1 fully saturated rings. The molecular formula is C45H39N5. The van der Waals surface area contributed by atoms with Crippen molar-refractivity contribution in [3.63, 3.8) is 0 Å². The Kier molecular flexibility index (Phi) is 5.54. The van der Waals surface area contributed by atoms with Gasteiger partial charge >= 0.3 is 0 Å². The van der Waals surface area contributed by atoms with Crippen molar-refractivity contribution in [3.8, 4) is 0 Å². The highest BCUT2D eigenvalue weighted by Crippen LogP contribution is 2.83. The highest BCUT2D eigenvalue weighted by Gasteiger charge is 2.85. The second-order valence-corrected chi connectivity index (χ2v) is 14.7.